The second-order valence-corrected chi connectivity index (χ2v) is 4.98. The zero-order valence-electron chi connectivity index (χ0n) is 9.91. The number of aliphatic hydroxyl groups is 1. The predicted octanol–water partition coefficient (Wildman–Crippen LogP) is 2.57. The maximum absolute atomic E-state index is 9.84. The lowest BCUT2D eigenvalue weighted by molar-refractivity contribution is 0.141. The molecular weight excluding hydrogens is 224 g/mol. The van der Waals surface area contributed by atoms with E-state index in [0.717, 1.165) is 35.8 Å². The molecular formula is C12H19ClN2O. The SMILES string of the molecule is CCn1nc(C)c(Cl)c1CCC(O)C1CC1. The molecule has 1 heterocycles. The van der Waals surface area contributed by atoms with Gasteiger partial charge in [-0.2, -0.15) is 5.10 Å². The standard InChI is InChI=1S/C12H19ClN2O/c1-3-15-10(12(13)8(2)14-15)6-7-11(16)9-4-5-9/h9,11,16H,3-7H2,1-2H3. The number of aromatic nitrogens is 2. The monoisotopic (exact) mass is 242 g/mol. The molecule has 1 aliphatic carbocycles. The average molecular weight is 243 g/mol. The van der Waals surface area contributed by atoms with Gasteiger partial charge in [0.05, 0.1) is 22.5 Å². The molecule has 0 aromatic carbocycles. The molecule has 1 aliphatic rings. The van der Waals surface area contributed by atoms with E-state index in [1.54, 1.807) is 0 Å². The summed E-state index contributed by atoms with van der Waals surface area (Å²) in [6, 6.07) is 0. The highest BCUT2D eigenvalue weighted by molar-refractivity contribution is 6.31. The van der Waals surface area contributed by atoms with Gasteiger partial charge in [0.1, 0.15) is 0 Å². The Bertz CT molecular complexity index is 371. The fourth-order valence-electron chi connectivity index (χ4n) is 2.11. The molecule has 1 saturated carbocycles. The van der Waals surface area contributed by atoms with Crippen LogP contribution in [-0.2, 0) is 13.0 Å². The van der Waals surface area contributed by atoms with Crippen LogP contribution in [0.1, 0.15) is 37.6 Å². The molecule has 1 unspecified atom stereocenters. The van der Waals surface area contributed by atoms with E-state index in [1.165, 1.54) is 12.8 Å². The third kappa shape index (κ3) is 2.41. The summed E-state index contributed by atoms with van der Waals surface area (Å²) in [6.45, 7) is 4.82. The van der Waals surface area contributed by atoms with Crippen molar-refractivity contribution in [1.29, 1.82) is 0 Å². The number of aryl methyl sites for hydroxylation is 2. The molecule has 2 rings (SSSR count). The third-order valence-electron chi connectivity index (χ3n) is 3.30. The van der Waals surface area contributed by atoms with Crippen LogP contribution in [0.3, 0.4) is 0 Å². The molecule has 1 atom stereocenters. The highest BCUT2D eigenvalue weighted by Gasteiger charge is 2.29. The zero-order chi connectivity index (χ0) is 11.7. The van der Waals surface area contributed by atoms with Crippen molar-refractivity contribution in [2.75, 3.05) is 0 Å². The number of aliphatic hydroxyl groups excluding tert-OH is 1. The Hall–Kier alpha value is -0.540. The molecule has 4 heteroatoms. The largest absolute Gasteiger partial charge is 0.393 e. The molecule has 0 spiro atoms. The Morgan fingerprint density at radius 3 is 2.81 bits per heavy atom. The lowest BCUT2D eigenvalue weighted by Gasteiger charge is -2.10. The molecule has 1 aromatic heterocycles. The number of nitrogens with zero attached hydrogens (tertiary/aromatic N) is 2. The number of rotatable bonds is 5. The molecule has 1 aromatic rings. The lowest BCUT2D eigenvalue weighted by atomic mass is 10.1. The van der Waals surface area contributed by atoms with Gasteiger partial charge < -0.3 is 5.11 Å². The highest BCUT2D eigenvalue weighted by Crippen LogP contribution is 2.34. The van der Waals surface area contributed by atoms with E-state index in [1.807, 2.05) is 11.6 Å². The van der Waals surface area contributed by atoms with Crippen molar-refractivity contribution in [3.8, 4) is 0 Å². The van der Waals surface area contributed by atoms with Crippen molar-refractivity contribution in [2.24, 2.45) is 5.92 Å². The fraction of sp³-hybridized carbons (Fsp3) is 0.750. The van der Waals surface area contributed by atoms with Crippen LogP contribution in [0, 0.1) is 12.8 Å². The second kappa shape index (κ2) is 4.76. The lowest BCUT2D eigenvalue weighted by Crippen LogP contribution is -2.12. The first kappa shape index (κ1) is 11.9. The van der Waals surface area contributed by atoms with Gasteiger partial charge in [-0.1, -0.05) is 11.6 Å². The van der Waals surface area contributed by atoms with Crippen molar-refractivity contribution < 1.29 is 5.11 Å². The fourth-order valence-corrected chi connectivity index (χ4v) is 2.34. The first-order chi connectivity index (χ1) is 7.63. The summed E-state index contributed by atoms with van der Waals surface area (Å²) in [5.41, 5.74) is 1.96. The van der Waals surface area contributed by atoms with Crippen LogP contribution in [-0.4, -0.2) is 21.0 Å². The minimum absolute atomic E-state index is 0.156. The smallest absolute Gasteiger partial charge is 0.0847 e. The Kier molecular flexibility index (Phi) is 3.55. The summed E-state index contributed by atoms with van der Waals surface area (Å²) in [5.74, 6) is 0.540. The van der Waals surface area contributed by atoms with Crippen LogP contribution in [0.2, 0.25) is 5.02 Å². The molecule has 0 saturated heterocycles. The van der Waals surface area contributed by atoms with E-state index >= 15 is 0 Å². The van der Waals surface area contributed by atoms with Gasteiger partial charge in [0, 0.05) is 6.54 Å². The van der Waals surface area contributed by atoms with Gasteiger partial charge in [-0.05, 0) is 45.4 Å². The molecule has 0 radical (unpaired) electrons. The summed E-state index contributed by atoms with van der Waals surface area (Å²) in [6.07, 6.45) is 3.83. The van der Waals surface area contributed by atoms with E-state index in [9.17, 15) is 5.11 Å². The molecule has 90 valence electrons. The van der Waals surface area contributed by atoms with E-state index in [4.69, 9.17) is 11.6 Å². The molecule has 0 bridgehead atoms. The molecule has 1 N–H and O–H groups in total. The first-order valence-corrected chi connectivity index (χ1v) is 6.41. The van der Waals surface area contributed by atoms with Crippen LogP contribution >= 0.6 is 11.6 Å². The number of hydrogen-bond donors (Lipinski definition) is 1. The molecule has 0 amide bonds. The van der Waals surface area contributed by atoms with Gasteiger partial charge in [-0.25, -0.2) is 0 Å². The van der Waals surface area contributed by atoms with Gasteiger partial charge in [-0.3, -0.25) is 4.68 Å². The molecule has 0 aliphatic heterocycles. The van der Waals surface area contributed by atoms with Crippen molar-refractivity contribution in [3.63, 3.8) is 0 Å². The number of halogens is 1. The average Bonchev–Trinajstić information content (AvgIpc) is 3.06. The van der Waals surface area contributed by atoms with Gasteiger partial charge in [0.25, 0.3) is 0 Å². The summed E-state index contributed by atoms with van der Waals surface area (Å²) in [7, 11) is 0. The van der Waals surface area contributed by atoms with E-state index in [0.29, 0.717) is 5.92 Å². The van der Waals surface area contributed by atoms with Gasteiger partial charge >= 0.3 is 0 Å². The van der Waals surface area contributed by atoms with Crippen molar-refractivity contribution in [3.05, 3.63) is 16.4 Å². The maximum atomic E-state index is 9.84. The Labute approximate surface area is 101 Å². The van der Waals surface area contributed by atoms with Gasteiger partial charge in [0.2, 0.25) is 0 Å². The zero-order valence-corrected chi connectivity index (χ0v) is 10.7. The molecule has 16 heavy (non-hydrogen) atoms. The van der Waals surface area contributed by atoms with Crippen LogP contribution in [0.5, 0.6) is 0 Å². The normalized spacial score (nSPS) is 17.8. The van der Waals surface area contributed by atoms with Crippen molar-refractivity contribution >= 4 is 11.6 Å². The third-order valence-corrected chi connectivity index (χ3v) is 3.79. The molecule has 3 nitrogen and oxygen atoms in total. The van der Waals surface area contributed by atoms with Crippen LogP contribution < -0.4 is 0 Å². The van der Waals surface area contributed by atoms with E-state index in [2.05, 4.69) is 12.0 Å². The molecule has 1 fully saturated rings. The summed E-state index contributed by atoms with van der Waals surface area (Å²) in [5, 5.41) is 15.0. The Balaban J connectivity index is 2.01. The van der Waals surface area contributed by atoms with Crippen molar-refractivity contribution in [2.45, 2.75) is 52.2 Å². The minimum Gasteiger partial charge on any atom is -0.393 e. The first-order valence-electron chi connectivity index (χ1n) is 6.03. The second-order valence-electron chi connectivity index (χ2n) is 4.61. The Morgan fingerprint density at radius 2 is 2.25 bits per heavy atom. The Morgan fingerprint density at radius 1 is 1.56 bits per heavy atom. The van der Waals surface area contributed by atoms with Gasteiger partial charge in [-0.15, -0.1) is 0 Å². The summed E-state index contributed by atoms with van der Waals surface area (Å²) in [4.78, 5) is 0. The quantitative estimate of drug-likeness (QED) is 0.862. The summed E-state index contributed by atoms with van der Waals surface area (Å²) >= 11 is 6.21. The van der Waals surface area contributed by atoms with E-state index in [-0.39, 0.29) is 6.10 Å². The van der Waals surface area contributed by atoms with Crippen LogP contribution in [0.25, 0.3) is 0 Å². The van der Waals surface area contributed by atoms with Gasteiger partial charge in [0.15, 0.2) is 0 Å². The number of hydrogen-bond acceptors (Lipinski definition) is 2. The van der Waals surface area contributed by atoms with Crippen molar-refractivity contribution in [1.82, 2.24) is 9.78 Å². The maximum Gasteiger partial charge on any atom is 0.0847 e. The van der Waals surface area contributed by atoms with Crippen LogP contribution in [0.15, 0.2) is 0 Å². The van der Waals surface area contributed by atoms with E-state index < -0.39 is 0 Å². The predicted molar refractivity (Wildman–Crippen MR) is 64.7 cm³/mol. The highest BCUT2D eigenvalue weighted by atomic mass is 35.5. The summed E-state index contributed by atoms with van der Waals surface area (Å²) < 4.78 is 1.94. The topological polar surface area (TPSA) is 38.0 Å². The van der Waals surface area contributed by atoms with Crippen LogP contribution in [0.4, 0.5) is 0 Å². The minimum atomic E-state index is -0.156.